The number of amides is 1. The van der Waals surface area contributed by atoms with Gasteiger partial charge >= 0.3 is 0 Å². The van der Waals surface area contributed by atoms with Crippen molar-refractivity contribution < 1.29 is 14.3 Å². The molecule has 0 saturated carbocycles. The Balaban J connectivity index is 2.09. The maximum atomic E-state index is 12.7. The van der Waals surface area contributed by atoms with Crippen LogP contribution in [0.3, 0.4) is 0 Å². The topological polar surface area (TPSA) is 55.4 Å². The van der Waals surface area contributed by atoms with Gasteiger partial charge in [-0.3, -0.25) is 9.59 Å². The minimum absolute atomic E-state index is 0.0179. The maximum Gasteiger partial charge on any atom is 0.234 e. The summed E-state index contributed by atoms with van der Waals surface area (Å²) in [5, 5.41) is 3.15. The standard InChI is InChI=1S/C25H33NO3S/c1-7-29-23-12-11-19(18(6)27)13-20(23)14-30-15-24(28)26-25-21(16(2)3)9-8-10-22(25)17(4)5/h8-13,16-17H,7,14-15H2,1-6H3,(H,26,28). The summed E-state index contributed by atoms with van der Waals surface area (Å²) >= 11 is 1.52. The first-order valence-electron chi connectivity index (χ1n) is 10.5. The fourth-order valence-corrected chi connectivity index (χ4v) is 4.14. The van der Waals surface area contributed by atoms with Crippen molar-refractivity contribution in [3.63, 3.8) is 0 Å². The van der Waals surface area contributed by atoms with Gasteiger partial charge in [-0.15, -0.1) is 11.8 Å². The lowest BCUT2D eigenvalue weighted by atomic mass is 9.92. The highest BCUT2D eigenvalue weighted by atomic mass is 32.2. The number of benzene rings is 2. The van der Waals surface area contributed by atoms with E-state index in [9.17, 15) is 9.59 Å². The molecule has 0 heterocycles. The van der Waals surface area contributed by atoms with Gasteiger partial charge in [-0.1, -0.05) is 45.9 Å². The average molecular weight is 428 g/mol. The van der Waals surface area contributed by atoms with E-state index in [1.54, 1.807) is 13.0 Å². The van der Waals surface area contributed by atoms with E-state index in [1.165, 1.54) is 11.8 Å². The summed E-state index contributed by atoms with van der Waals surface area (Å²) in [5.41, 5.74) is 4.86. The summed E-state index contributed by atoms with van der Waals surface area (Å²) in [6, 6.07) is 11.7. The van der Waals surface area contributed by atoms with E-state index in [-0.39, 0.29) is 11.7 Å². The Bertz CT molecular complexity index is 864. The molecule has 0 fully saturated rings. The molecule has 0 aromatic heterocycles. The second-order valence-electron chi connectivity index (χ2n) is 7.97. The molecule has 0 atom stereocenters. The molecule has 2 aromatic carbocycles. The van der Waals surface area contributed by atoms with Crippen LogP contribution in [-0.4, -0.2) is 24.1 Å². The first-order chi connectivity index (χ1) is 14.2. The number of carbonyl (C=O) groups excluding carboxylic acids is 2. The Hall–Kier alpha value is -2.27. The van der Waals surface area contributed by atoms with Crippen LogP contribution in [0.1, 0.15) is 80.4 Å². The summed E-state index contributed by atoms with van der Waals surface area (Å²) < 4.78 is 5.68. The van der Waals surface area contributed by atoms with E-state index >= 15 is 0 Å². The van der Waals surface area contributed by atoms with E-state index in [0.717, 1.165) is 28.1 Å². The van der Waals surface area contributed by atoms with Crippen LogP contribution in [0.4, 0.5) is 5.69 Å². The van der Waals surface area contributed by atoms with Crippen molar-refractivity contribution in [2.24, 2.45) is 0 Å². The number of rotatable bonds is 10. The third kappa shape index (κ3) is 6.36. The molecule has 0 aliphatic heterocycles. The number of para-hydroxylation sites is 1. The van der Waals surface area contributed by atoms with Crippen LogP contribution in [-0.2, 0) is 10.5 Å². The van der Waals surface area contributed by atoms with Crippen molar-refractivity contribution in [1.29, 1.82) is 0 Å². The Morgan fingerprint density at radius 3 is 2.20 bits per heavy atom. The van der Waals surface area contributed by atoms with Crippen molar-refractivity contribution >= 4 is 29.1 Å². The number of Topliss-reactive ketones (excluding diaryl/α,β-unsaturated/α-hetero) is 1. The predicted molar refractivity (Wildman–Crippen MR) is 127 cm³/mol. The Morgan fingerprint density at radius 1 is 1.03 bits per heavy atom. The van der Waals surface area contributed by atoms with E-state index in [0.29, 0.717) is 35.5 Å². The summed E-state index contributed by atoms with van der Waals surface area (Å²) in [5.74, 6) is 2.36. The zero-order chi connectivity index (χ0) is 22.3. The molecule has 2 rings (SSSR count). The van der Waals surface area contributed by atoms with Crippen molar-refractivity contribution in [3.8, 4) is 5.75 Å². The second kappa shape index (κ2) is 11.2. The average Bonchev–Trinajstić information content (AvgIpc) is 2.68. The minimum atomic E-state index is -0.0179. The molecule has 4 nitrogen and oxygen atoms in total. The summed E-state index contributed by atoms with van der Waals surface area (Å²) in [6.07, 6.45) is 0. The number of hydrogen-bond donors (Lipinski definition) is 1. The fraction of sp³-hybridized carbons (Fsp3) is 0.440. The second-order valence-corrected chi connectivity index (χ2v) is 8.96. The van der Waals surface area contributed by atoms with Crippen molar-refractivity contribution in [2.45, 2.75) is 59.1 Å². The van der Waals surface area contributed by atoms with Gasteiger partial charge < -0.3 is 10.1 Å². The number of carbonyl (C=O) groups is 2. The van der Waals surface area contributed by atoms with Crippen LogP contribution in [0.5, 0.6) is 5.75 Å². The number of nitrogens with one attached hydrogen (secondary N) is 1. The van der Waals surface area contributed by atoms with E-state index in [2.05, 4.69) is 51.2 Å². The Kier molecular flexibility index (Phi) is 8.97. The highest BCUT2D eigenvalue weighted by molar-refractivity contribution is 7.99. The van der Waals surface area contributed by atoms with Gasteiger partial charge in [0.15, 0.2) is 5.78 Å². The summed E-state index contributed by atoms with van der Waals surface area (Å²) in [4.78, 5) is 24.4. The fourth-order valence-electron chi connectivity index (χ4n) is 3.33. The molecule has 162 valence electrons. The smallest absolute Gasteiger partial charge is 0.234 e. The predicted octanol–water partition coefficient (Wildman–Crippen LogP) is 6.41. The van der Waals surface area contributed by atoms with Crippen LogP contribution < -0.4 is 10.1 Å². The number of ether oxygens (including phenoxy) is 1. The van der Waals surface area contributed by atoms with E-state index in [1.807, 2.05) is 19.1 Å². The summed E-state index contributed by atoms with van der Waals surface area (Å²) in [7, 11) is 0. The third-order valence-electron chi connectivity index (χ3n) is 4.89. The molecule has 1 amide bonds. The van der Waals surface area contributed by atoms with Crippen LogP contribution >= 0.6 is 11.8 Å². The third-order valence-corrected chi connectivity index (χ3v) is 5.88. The quantitative estimate of drug-likeness (QED) is 0.445. The van der Waals surface area contributed by atoms with Crippen LogP contribution in [0, 0.1) is 0 Å². The van der Waals surface area contributed by atoms with Gasteiger partial charge in [-0.2, -0.15) is 0 Å². The van der Waals surface area contributed by atoms with Gasteiger partial charge in [-0.25, -0.2) is 0 Å². The molecule has 0 bridgehead atoms. The van der Waals surface area contributed by atoms with Gasteiger partial charge in [0.2, 0.25) is 5.91 Å². The molecule has 30 heavy (non-hydrogen) atoms. The first kappa shape index (κ1) is 24.0. The monoisotopic (exact) mass is 427 g/mol. The van der Waals surface area contributed by atoms with Crippen LogP contribution in [0.2, 0.25) is 0 Å². The molecule has 2 aromatic rings. The summed E-state index contributed by atoms with van der Waals surface area (Å²) in [6.45, 7) is 12.6. The van der Waals surface area contributed by atoms with E-state index in [4.69, 9.17) is 4.74 Å². The number of anilines is 1. The molecular weight excluding hydrogens is 394 g/mol. The van der Waals surface area contributed by atoms with Gasteiger partial charge in [0.25, 0.3) is 0 Å². The maximum absolute atomic E-state index is 12.7. The number of hydrogen-bond acceptors (Lipinski definition) is 4. The number of thioether (sulfide) groups is 1. The lowest BCUT2D eigenvalue weighted by Crippen LogP contribution is -2.17. The SMILES string of the molecule is CCOc1ccc(C(C)=O)cc1CSCC(=O)Nc1c(C(C)C)cccc1C(C)C. The van der Waals surface area contributed by atoms with Crippen molar-refractivity contribution in [3.05, 3.63) is 58.7 Å². The van der Waals surface area contributed by atoms with Crippen LogP contribution in [0.25, 0.3) is 0 Å². The molecule has 0 unspecified atom stereocenters. The highest BCUT2D eigenvalue weighted by Crippen LogP contribution is 2.32. The largest absolute Gasteiger partial charge is 0.494 e. The first-order valence-corrected chi connectivity index (χ1v) is 11.7. The van der Waals surface area contributed by atoms with E-state index < -0.39 is 0 Å². The van der Waals surface area contributed by atoms with Crippen molar-refractivity contribution in [1.82, 2.24) is 0 Å². The molecule has 0 aliphatic carbocycles. The molecular formula is C25H33NO3S. The molecule has 0 radical (unpaired) electrons. The lowest BCUT2D eigenvalue weighted by molar-refractivity contribution is -0.113. The van der Waals surface area contributed by atoms with Gasteiger partial charge in [0.1, 0.15) is 5.75 Å². The molecule has 5 heteroatoms. The normalized spacial score (nSPS) is 11.1. The Labute approximate surface area is 184 Å². The van der Waals surface area contributed by atoms with Crippen LogP contribution in [0.15, 0.2) is 36.4 Å². The van der Waals surface area contributed by atoms with Crippen molar-refractivity contribution in [2.75, 3.05) is 17.7 Å². The highest BCUT2D eigenvalue weighted by Gasteiger charge is 2.16. The molecule has 0 spiro atoms. The zero-order valence-corrected chi connectivity index (χ0v) is 19.7. The minimum Gasteiger partial charge on any atom is -0.494 e. The number of ketones is 1. The van der Waals surface area contributed by atoms with Gasteiger partial charge in [-0.05, 0) is 55.0 Å². The Morgan fingerprint density at radius 2 is 1.67 bits per heavy atom. The lowest BCUT2D eigenvalue weighted by Gasteiger charge is -2.20. The van der Waals surface area contributed by atoms with Gasteiger partial charge in [0, 0.05) is 22.6 Å². The zero-order valence-electron chi connectivity index (χ0n) is 18.9. The molecule has 0 aliphatic rings. The van der Waals surface area contributed by atoms with Gasteiger partial charge in [0.05, 0.1) is 12.4 Å². The molecule has 1 N–H and O–H groups in total. The molecule has 0 saturated heterocycles.